The van der Waals surface area contributed by atoms with Crippen LogP contribution < -0.4 is 5.46 Å². The molecule has 0 unspecified atom stereocenters. The van der Waals surface area contributed by atoms with Crippen molar-refractivity contribution in [1.29, 1.82) is 0 Å². The molecule has 0 bridgehead atoms. The van der Waals surface area contributed by atoms with Crippen LogP contribution in [0.2, 0.25) is 0 Å². The van der Waals surface area contributed by atoms with Crippen molar-refractivity contribution in [2.24, 2.45) is 0 Å². The molecule has 0 atom stereocenters. The molecule has 0 heterocycles. The zero-order valence-electron chi connectivity index (χ0n) is 6.20. The van der Waals surface area contributed by atoms with Gasteiger partial charge < -0.3 is 10.0 Å². The molecule has 2 nitrogen and oxygen atoms in total. The van der Waals surface area contributed by atoms with Gasteiger partial charge in [-0.05, 0) is 24.4 Å². The Labute approximate surface area is 66.6 Å². The minimum atomic E-state index is -1.38. The number of rotatable bonds is 2. The van der Waals surface area contributed by atoms with Gasteiger partial charge in [0.05, 0.1) is 0 Å². The molecule has 1 radical (unpaired) electrons. The van der Waals surface area contributed by atoms with Gasteiger partial charge in [0.25, 0.3) is 0 Å². The van der Waals surface area contributed by atoms with Crippen molar-refractivity contribution in [2.45, 2.75) is 6.42 Å². The predicted molar refractivity (Wildman–Crippen MR) is 45.3 cm³/mol. The van der Waals surface area contributed by atoms with E-state index in [0.29, 0.717) is 11.9 Å². The first-order chi connectivity index (χ1) is 5.25. The van der Waals surface area contributed by atoms with Crippen LogP contribution in [0.25, 0.3) is 0 Å². The van der Waals surface area contributed by atoms with Crippen LogP contribution in [0.15, 0.2) is 24.3 Å². The first-order valence-corrected chi connectivity index (χ1v) is 3.49. The third-order valence-corrected chi connectivity index (χ3v) is 1.60. The molecule has 1 aromatic rings. The number of hydrogen-bond acceptors (Lipinski definition) is 2. The van der Waals surface area contributed by atoms with Gasteiger partial charge in [-0.1, -0.05) is 24.3 Å². The minimum absolute atomic E-state index is 0.544. The van der Waals surface area contributed by atoms with Crippen LogP contribution in [-0.4, -0.2) is 17.2 Å². The highest BCUT2D eigenvalue weighted by Crippen LogP contribution is 1.96. The molecule has 0 aliphatic heterocycles. The summed E-state index contributed by atoms with van der Waals surface area (Å²) in [6.07, 6.45) is 0.577. The summed E-state index contributed by atoms with van der Waals surface area (Å²) in [5, 5.41) is 17.7. The van der Waals surface area contributed by atoms with E-state index in [-0.39, 0.29) is 0 Å². The molecule has 0 aromatic heterocycles. The van der Waals surface area contributed by atoms with Crippen molar-refractivity contribution in [1.82, 2.24) is 0 Å². The summed E-state index contributed by atoms with van der Waals surface area (Å²) in [7, 11) is -1.38. The van der Waals surface area contributed by atoms with Gasteiger partial charge in [0.1, 0.15) is 0 Å². The molecule has 0 spiro atoms. The second kappa shape index (κ2) is 3.55. The SMILES string of the molecule is [CH2]Cc1ccccc1B(O)O. The monoisotopic (exact) mass is 149 g/mol. The second-order valence-electron chi connectivity index (χ2n) is 2.32. The van der Waals surface area contributed by atoms with Crippen molar-refractivity contribution >= 4 is 12.6 Å². The van der Waals surface area contributed by atoms with Crippen molar-refractivity contribution in [3.8, 4) is 0 Å². The van der Waals surface area contributed by atoms with Crippen LogP contribution in [0.1, 0.15) is 5.56 Å². The first-order valence-electron chi connectivity index (χ1n) is 3.49. The van der Waals surface area contributed by atoms with Crippen LogP contribution in [0.3, 0.4) is 0 Å². The maximum atomic E-state index is 8.86. The predicted octanol–water partition coefficient (Wildman–Crippen LogP) is -0.257. The van der Waals surface area contributed by atoms with Gasteiger partial charge in [-0.3, -0.25) is 0 Å². The van der Waals surface area contributed by atoms with Gasteiger partial charge in [0.2, 0.25) is 0 Å². The Kier molecular flexibility index (Phi) is 2.68. The molecular formula is C8H10BO2. The van der Waals surface area contributed by atoms with E-state index in [0.717, 1.165) is 5.56 Å². The Bertz CT molecular complexity index is 235. The molecule has 1 rings (SSSR count). The van der Waals surface area contributed by atoms with E-state index in [1.165, 1.54) is 0 Å². The van der Waals surface area contributed by atoms with E-state index in [2.05, 4.69) is 6.92 Å². The zero-order valence-corrected chi connectivity index (χ0v) is 6.20. The smallest absolute Gasteiger partial charge is 0.423 e. The highest BCUT2D eigenvalue weighted by atomic mass is 16.4. The third-order valence-electron chi connectivity index (χ3n) is 1.60. The van der Waals surface area contributed by atoms with Crippen molar-refractivity contribution < 1.29 is 10.0 Å². The summed E-state index contributed by atoms with van der Waals surface area (Å²) in [6, 6.07) is 7.15. The molecule has 0 saturated heterocycles. The van der Waals surface area contributed by atoms with Gasteiger partial charge in [0, 0.05) is 0 Å². The van der Waals surface area contributed by atoms with Gasteiger partial charge >= 0.3 is 7.12 Å². The largest absolute Gasteiger partial charge is 0.488 e. The third kappa shape index (κ3) is 1.82. The second-order valence-corrected chi connectivity index (χ2v) is 2.32. The Morgan fingerprint density at radius 2 is 1.91 bits per heavy atom. The maximum absolute atomic E-state index is 8.86. The molecule has 0 amide bonds. The molecule has 3 heteroatoms. The molecule has 0 fully saturated rings. The molecule has 2 N–H and O–H groups in total. The summed E-state index contributed by atoms with van der Waals surface area (Å²) in [6.45, 7) is 3.68. The summed E-state index contributed by atoms with van der Waals surface area (Å²) in [5.74, 6) is 0. The lowest BCUT2D eigenvalue weighted by molar-refractivity contribution is 0.425. The molecule has 0 aliphatic rings. The summed E-state index contributed by atoms with van der Waals surface area (Å²) in [4.78, 5) is 0. The fourth-order valence-electron chi connectivity index (χ4n) is 1.01. The molecule has 1 aromatic carbocycles. The van der Waals surface area contributed by atoms with Crippen molar-refractivity contribution in [3.63, 3.8) is 0 Å². The number of benzene rings is 1. The molecule has 57 valence electrons. The standard InChI is InChI=1S/C8H10BO2/c1-2-7-5-3-4-6-8(7)9(10)11/h3-6,10-11H,1-2H2. The van der Waals surface area contributed by atoms with Gasteiger partial charge in [0.15, 0.2) is 0 Å². The molecule has 0 aliphatic carbocycles. The average molecular weight is 149 g/mol. The van der Waals surface area contributed by atoms with E-state index >= 15 is 0 Å². The number of hydrogen-bond donors (Lipinski definition) is 2. The molecular weight excluding hydrogens is 139 g/mol. The van der Waals surface area contributed by atoms with Crippen LogP contribution in [0, 0.1) is 6.92 Å². The van der Waals surface area contributed by atoms with E-state index < -0.39 is 7.12 Å². The highest BCUT2D eigenvalue weighted by molar-refractivity contribution is 6.59. The fraction of sp³-hybridized carbons (Fsp3) is 0.125. The Morgan fingerprint density at radius 3 is 2.36 bits per heavy atom. The van der Waals surface area contributed by atoms with Crippen LogP contribution in [0.4, 0.5) is 0 Å². The molecule has 0 saturated carbocycles. The molecule has 11 heavy (non-hydrogen) atoms. The lowest BCUT2D eigenvalue weighted by Gasteiger charge is -2.04. The zero-order chi connectivity index (χ0) is 8.27. The topological polar surface area (TPSA) is 40.5 Å². The van der Waals surface area contributed by atoms with Crippen molar-refractivity contribution in [3.05, 3.63) is 36.8 Å². The normalized spacial score (nSPS) is 9.73. The first kappa shape index (κ1) is 8.30. The van der Waals surface area contributed by atoms with Crippen LogP contribution in [-0.2, 0) is 6.42 Å². The van der Waals surface area contributed by atoms with Gasteiger partial charge in [-0.15, -0.1) is 0 Å². The van der Waals surface area contributed by atoms with E-state index in [9.17, 15) is 0 Å². The maximum Gasteiger partial charge on any atom is 0.488 e. The Hall–Kier alpha value is -0.795. The van der Waals surface area contributed by atoms with Gasteiger partial charge in [-0.25, -0.2) is 0 Å². The quantitative estimate of drug-likeness (QED) is 0.569. The minimum Gasteiger partial charge on any atom is -0.423 e. The van der Waals surface area contributed by atoms with Crippen LogP contribution >= 0.6 is 0 Å². The lowest BCUT2D eigenvalue weighted by atomic mass is 9.76. The lowest BCUT2D eigenvalue weighted by Crippen LogP contribution is -2.32. The highest BCUT2D eigenvalue weighted by Gasteiger charge is 2.13. The summed E-state index contributed by atoms with van der Waals surface area (Å²) >= 11 is 0. The average Bonchev–Trinajstić information content (AvgIpc) is 2.04. The summed E-state index contributed by atoms with van der Waals surface area (Å²) < 4.78 is 0. The van der Waals surface area contributed by atoms with E-state index in [4.69, 9.17) is 10.0 Å². The van der Waals surface area contributed by atoms with Crippen LogP contribution in [0.5, 0.6) is 0 Å². The fourth-order valence-corrected chi connectivity index (χ4v) is 1.01. The summed E-state index contributed by atoms with van der Waals surface area (Å²) in [5.41, 5.74) is 1.42. The Balaban J connectivity index is 3.02. The van der Waals surface area contributed by atoms with E-state index in [1.54, 1.807) is 12.1 Å². The van der Waals surface area contributed by atoms with Gasteiger partial charge in [-0.2, -0.15) is 0 Å². The van der Waals surface area contributed by atoms with Crippen molar-refractivity contribution in [2.75, 3.05) is 0 Å². The van der Waals surface area contributed by atoms with E-state index in [1.807, 2.05) is 12.1 Å². The Morgan fingerprint density at radius 1 is 1.27 bits per heavy atom.